The quantitative estimate of drug-likeness (QED) is 0.841. The average molecular weight is 285 g/mol. The molecule has 1 fully saturated rings. The Hall–Kier alpha value is -0.900. The van der Waals surface area contributed by atoms with Crippen LogP contribution in [0.4, 0.5) is 8.78 Å². The Balaban J connectivity index is 2.51. The van der Waals surface area contributed by atoms with Crippen LogP contribution in [0.15, 0.2) is 24.0 Å². The lowest BCUT2D eigenvalue weighted by Gasteiger charge is -2.55. The smallest absolute Gasteiger partial charge is 0.266 e. The fraction of sp³-hybridized carbons (Fsp3) is 0.750. The van der Waals surface area contributed by atoms with Gasteiger partial charge in [0.15, 0.2) is 0 Å². The molecule has 2 nitrogen and oxygen atoms in total. The molecule has 0 aromatic carbocycles. The zero-order valence-corrected chi connectivity index (χ0v) is 12.6. The third kappa shape index (κ3) is 2.09. The first kappa shape index (κ1) is 15.5. The van der Waals surface area contributed by atoms with E-state index in [1.165, 1.54) is 0 Å². The summed E-state index contributed by atoms with van der Waals surface area (Å²) in [5.41, 5.74) is -1.93. The maximum atomic E-state index is 14.9. The van der Waals surface area contributed by atoms with Gasteiger partial charge in [-0.1, -0.05) is 32.4 Å². The second-order valence-electron chi connectivity index (χ2n) is 6.05. The van der Waals surface area contributed by atoms with Crippen LogP contribution >= 0.6 is 0 Å². The van der Waals surface area contributed by atoms with Crippen molar-refractivity contribution in [3.05, 3.63) is 24.0 Å². The average Bonchev–Trinajstić information content (AvgIpc) is 2.41. The van der Waals surface area contributed by atoms with Crippen molar-refractivity contribution in [3.63, 3.8) is 0 Å². The minimum absolute atomic E-state index is 0.0453. The Morgan fingerprint density at radius 2 is 2.00 bits per heavy atom. The minimum Gasteiger partial charge on any atom is -0.500 e. The molecule has 20 heavy (non-hydrogen) atoms. The van der Waals surface area contributed by atoms with Crippen LogP contribution in [0, 0.1) is 5.41 Å². The highest BCUT2D eigenvalue weighted by Gasteiger charge is 2.65. The molecule has 0 aromatic rings. The summed E-state index contributed by atoms with van der Waals surface area (Å²) in [4.78, 5) is 0. The SMILES string of the molecule is CCN[C@]1(C2(C)CC=CC=C2OC)CCCCC1(F)F. The molecule has 4 heteroatoms. The number of alkyl halides is 2. The molecule has 1 unspecified atom stereocenters. The first-order valence-corrected chi connectivity index (χ1v) is 7.48. The van der Waals surface area contributed by atoms with Gasteiger partial charge < -0.3 is 10.1 Å². The first-order chi connectivity index (χ1) is 9.43. The second kappa shape index (κ2) is 5.47. The van der Waals surface area contributed by atoms with E-state index in [2.05, 4.69) is 5.32 Å². The molecule has 0 amide bonds. The van der Waals surface area contributed by atoms with E-state index in [1.54, 1.807) is 7.11 Å². The van der Waals surface area contributed by atoms with Gasteiger partial charge >= 0.3 is 0 Å². The van der Waals surface area contributed by atoms with Crippen LogP contribution in [-0.4, -0.2) is 25.1 Å². The van der Waals surface area contributed by atoms with Crippen LogP contribution in [0.5, 0.6) is 0 Å². The summed E-state index contributed by atoms with van der Waals surface area (Å²) in [7, 11) is 1.57. The van der Waals surface area contributed by atoms with Gasteiger partial charge in [0.25, 0.3) is 5.92 Å². The number of hydrogen-bond donors (Lipinski definition) is 1. The summed E-state index contributed by atoms with van der Waals surface area (Å²) in [5.74, 6) is -2.07. The molecule has 2 rings (SSSR count). The molecule has 0 radical (unpaired) electrons. The standard InChI is InChI=1S/C16H25F2NO/c1-4-19-15(11-7-8-12-16(15,17)18)14(2)10-6-5-9-13(14)20-3/h5-6,9,19H,4,7-8,10-12H2,1-3H3/t14?,15-/m0/s1. The van der Waals surface area contributed by atoms with Crippen molar-refractivity contribution in [3.8, 4) is 0 Å². The van der Waals surface area contributed by atoms with Crippen molar-refractivity contribution in [1.82, 2.24) is 5.32 Å². The molecule has 0 bridgehead atoms. The summed E-state index contributed by atoms with van der Waals surface area (Å²) in [6, 6.07) is 0. The van der Waals surface area contributed by atoms with Gasteiger partial charge in [0.05, 0.1) is 18.1 Å². The third-order valence-electron chi connectivity index (χ3n) is 5.01. The molecule has 1 saturated carbocycles. The number of allylic oxidation sites excluding steroid dienone is 3. The van der Waals surface area contributed by atoms with E-state index in [0.717, 1.165) is 6.42 Å². The van der Waals surface area contributed by atoms with Gasteiger partial charge in [0.1, 0.15) is 5.76 Å². The minimum atomic E-state index is -2.72. The largest absolute Gasteiger partial charge is 0.500 e. The van der Waals surface area contributed by atoms with Gasteiger partial charge in [-0.3, -0.25) is 0 Å². The molecule has 2 atom stereocenters. The lowest BCUT2D eigenvalue weighted by molar-refractivity contribution is -0.165. The van der Waals surface area contributed by atoms with E-state index in [1.807, 2.05) is 32.1 Å². The highest BCUT2D eigenvalue weighted by atomic mass is 19.3. The molecule has 114 valence electrons. The number of nitrogens with one attached hydrogen (secondary N) is 1. The Labute approximate surface area is 120 Å². The predicted octanol–water partition coefficient (Wildman–Crippen LogP) is 4.04. The predicted molar refractivity (Wildman–Crippen MR) is 76.8 cm³/mol. The second-order valence-corrected chi connectivity index (χ2v) is 6.05. The van der Waals surface area contributed by atoms with Gasteiger partial charge in [0.2, 0.25) is 0 Å². The Morgan fingerprint density at radius 1 is 1.30 bits per heavy atom. The van der Waals surface area contributed by atoms with Crippen LogP contribution in [0.25, 0.3) is 0 Å². The number of rotatable bonds is 4. The molecular weight excluding hydrogens is 260 g/mol. The van der Waals surface area contributed by atoms with Crippen LogP contribution in [-0.2, 0) is 4.74 Å². The Bertz CT molecular complexity index is 415. The zero-order chi connectivity index (χ0) is 14.9. The van der Waals surface area contributed by atoms with Crippen molar-refractivity contribution in [2.75, 3.05) is 13.7 Å². The van der Waals surface area contributed by atoms with E-state index in [-0.39, 0.29) is 6.42 Å². The fourth-order valence-corrected chi connectivity index (χ4v) is 3.95. The molecule has 0 aliphatic heterocycles. The van der Waals surface area contributed by atoms with Crippen molar-refractivity contribution < 1.29 is 13.5 Å². The molecule has 0 heterocycles. The summed E-state index contributed by atoms with van der Waals surface area (Å²) >= 11 is 0. The van der Waals surface area contributed by atoms with Gasteiger partial charge in [0, 0.05) is 6.42 Å². The van der Waals surface area contributed by atoms with Crippen molar-refractivity contribution in [2.45, 2.75) is 57.4 Å². The molecule has 2 aliphatic rings. The Kier molecular flexibility index (Phi) is 4.24. The molecule has 0 aromatic heterocycles. The van der Waals surface area contributed by atoms with Gasteiger partial charge in [-0.05, 0) is 31.9 Å². The van der Waals surface area contributed by atoms with E-state index >= 15 is 0 Å². The van der Waals surface area contributed by atoms with Crippen LogP contribution < -0.4 is 5.32 Å². The number of methoxy groups -OCH3 is 1. The molecular formula is C16H25F2NO. The first-order valence-electron chi connectivity index (χ1n) is 7.48. The lowest BCUT2D eigenvalue weighted by atomic mass is 9.58. The fourth-order valence-electron chi connectivity index (χ4n) is 3.95. The maximum absolute atomic E-state index is 14.9. The maximum Gasteiger partial charge on any atom is 0.266 e. The molecule has 1 N–H and O–H groups in total. The Morgan fingerprint density at radius 3 is 2.60 bits per heavy atom. The number of hydrogen-bond acceptors (Lipinski definition) is 2. The normalized spacial score (nSPS) is 36.5. The third-order valence-corrected chi connectivity index (χ3v) is 5.01. The van der Waals surface area contributed by atoms with E-state index in [0.29, 0.717) is 31.6 Å². The van der Waals surface area contributed by atoms with Crippen molar-refractivity contribution in [2.24, 2.45) is 5.41 Å². The monoisotopic (exact) mass is 285 g/mol. The molecule has 0 saturated heterocycles. The number of halogens is 2. The molecule has 0 spiro atoms. The van der Waals surface area contributed by atoms with Crippen molar-refractivity contribution in [1.29, 1.82) is 0 Å². The summed E-state index contributed by atoms with van der Waals surface area (Å²) < 4.78 is 35.2. The number of ether oxygens (including phenoxy) is 1. The van der Waals surface area contributed by atoms with Gasteiger partial charge in [-0.15, -0.1) is 0 Å². The molecule has 2 aliphatic carbocycles. The van der Waals surface area contributed by atoms with E-state index in [4.69, 9.17) is 4.74 Å². The van der Waals surface area contributed by atoms with Crippen LogP contribution in [0.3, 0.4) is 0 Å². The lowest BCUT2D eigenvalue weighted by Crippen LogP contribution is -2.69. The van der Waals surface area contributed by atoms with Gasteiger partial charge in [-0.2, -0.15) is 0 Å². The summed E-state index contributed by atoms with van der Waals surface area (Å²) in [6.45, 7) is 4.34. The highest BCUT2D eigenvalue weighted by Crippen LogP contribution is 2.56. The summed E-state index contributed by atoms with van der Waals surface area (Å²) in [6.07, 6.45) is 8.13. The zero-order valence-electron chi connectivity index (χ0n) is 12.6. The highest BCUT2D eigenvalue weighted by molar-refractivity contribution is 5.30. The van der Waals surface area contributed by atoms with Crippen molar-refractivity contribution >= 4 is 0 Å². The van der Waals surface area contributed by atoms with Crippen LogP contribution in [0.1, 0.15) is 46.0 Å². The van der Waals surface area contributed by atoms with Gasteiger partial charge in [-0.25, -0.2) is 8.78 Å². The van der Waals surface area contributed by atoms with E-state index in [9.17, 15) is 8.78 Å². The summed E-state index contributed by atoms with van der Waals surface area (Å²) in [5, 5.41) is 3.16. The van der Waals surface area contributed by atoms with Crippen LogP contribution in [0.2, 0.25) is 0 Å². The van der Waals surface area contributed by atoms with E-state index < -0.39 is 16.9 Å². The topological polar surface area (TPSA) is 21.3 Å².